The predicted molar refractivity (Wildman–Crippen MR) is 128 cm³/mol. The lowest BCUT2D eigenvalue weighted by Gasteiger charge is -2.33. The summed E-state index contributed by atoms with van der Waals surface area (Å²) in [5, 5.41) is 11.8. The standard InChI is InChI=1S/C25H22FN5OS/c1-15-7-6-10-20(16(15)2)27-24(32)22-21(17-11-13-19(26)14-12-17)30-31-23(28-29-25(31)33-22)18-8-4-3-5-9-18/h3-14,21-22,30H,1-2H3,(H,27,32). The zero-order valence-electron chi connectivity index (χ0n) is 18.1. The van der Waals surface area contributed by atoms with Gasteiger partial charge in [0, 0.05) is 11.3 Å². The Bertz CT molecular complexity index is 1310. The zero-order chi connectivity index (χ0) is 22.9. The van der Waals surface area contributed by atoms with Crippen molar-refractivity contribution in [1.29, 1.82) is 0 Å². The Balaban J connectivity index is 1.52. The third-order valence-corrected chi connectivity index (χ3v) is 7.03. The topological polar surface area (TPSA) is 71.8 Å². The number of fused-ring (bicyclic) bond motifs is 1. The normalized spacial score (nSPS) is 17.2. The lowest BCUT2D eigenvalue weighted by Crippen LogP contribution is -2.41. The van der Waals surface area contributed by atoms with Crippen molar-refractivity contribution in [2.24, 2.45) is 0 Å². The van der Waals surface area contributed by atoms with Crippen LogP contribution < -0.4 is 10.7 Å². The van der Waals surface area contributed by atoms with E-state index in [1.807, 2.05) is 62.4 Å². The molecule has 0 spiro atoms. The minimum Gasteiger partial charge on any atom is -0.325 e. The lowest BCUT2D eigenvalue weighted by molar-refractivity contribution is -0.116. The monoisotopic (exact) mass is 459 g/mol. The van der Waals surface area contributed by atoms with Gasteiger partial charge in [-0.1, -0.05) is 66.4 Å². The predicted octanol–water partition coefficient (Wildman–Crippen LogP) is 5.10. The minimum atomic E-state index is -0.546. The van der Waals surface area contributed by atoms with Crippen molar-refractivity contribution in [2.45, 2.75) is 30.3 Å². The van der Waals surface area contributed by atoms with Crippen molar-refractivity contribution in [1.82, 2.24) is 14.9 Å². The molecule has 2 N–H and O–H groups in total. The Hall–Kier alpha value is -3.65. The third kappa shape index (κ3) is 4.09. The van der Waals surface area contributed by atoms with Crippen molar-refractivity contribution in [2.75, 3.05) is 10.7 Å². The molecule has 0 bridgehead atoms. The Kier molecular flexibility index (Phi) is 5.60. The molecule has 4 aromatic rings. The number of benzene rings is 3. The summed E-state index contributed by atoms with van der Waals surface area (Å²) in [6, 6.07) is 21.3. The maximum absolute atomic E-state index is 13.6. The molecule has 1 aliphatic heterocycles. The van der Waals surface area contributed by atoms with Gasteiger partial charge in [-0.3, -0.25) is 4.79 Å². The van der Waals surface area contributed by atoms with Crippen molar-refractivity contribution in [3.8, 4) is 11.4 Å². The van der Waals surface area contributed by atoms with Gasteiger partial charge in [0.25, 0.3) is 0 Å². The van der Waals surface area contributed by atoms with Crippen LogP contribution in [-0.4, -0.2) is 26.0 Å². The number of aromatic nitrogens is 3. The summed E-state index contributed by atoms with van der Waals surface area (Å²) >= 11 is 1.34. The van der Waals surface area contributed by atoms with Gasteiger partial charge in [0.15, 0.2) is 5.82 Å². The maximum Gasteiger partial charge on any atom is 0.240 e. The first-order chi connectivity index (χ1) is 16.0. The lowest BCUT2D eigenvalue weighted by atomic mass is 10.0. The SMILES string of the molecule is Cc1cccc(NC(=O)C2Sc3nnc(-c4ccccc4)n3NC2c2ccc(F)cc2)c1C. The molecule has 1 aliphatic rings. The van der Waals surface area contributed by atoms with Gasteiger partial charge in [-0.15, -0.1) is 10.2 Å². The number of rotatable bonds is 4. The number of hydrogen-bond donors (Lipinski definition) is 2. The third-order valence-electron chi connectivity index (χ3n) is 5.82. The van der Waals surface area contributed by atoms with E-state index in [-0.39, 0.29) is 11.7 Å². The van der Waals surface area contributed by atoms with Gasteiger partial charge in [-0.2, -0.15) is 0 Å². The van der Waals surface area contributed by atoms with Gasteiger partial charge in [-0.05, 0) is 48.7 Å². The summed E-state index contributed by atoms with van der Waals surface area (Å²) in [5.74, 6) is 0.165. The Morgan fingerprint density at radius 3 is 2.52 bits per heavy atom. The summed E-state index contributed by atoms with van der Waals surface area (Å²) in [4.78, 5) is 13.5. The first kappa shape index (κ1) is 21.2. The molecule has 6 nitrogen and oxygen atoms in total. The molecule has 0 fully saturated rings. The molecule has 0 radical (unpaired) electrons. The van der Waals surface area contributed by atoms with Crippen LogP contribution in [0.4, 0.5) is 10.1 Å². The molecule has 33 heavy (non-hydrogen) atoms. The average Bonchev–Trinajstić information content (AvgIpc) is 3.25. The number of nitrogens with zero attached hydrogens (tertiary/aromatic N) is 3. The smallest absolute Gasteiger partial charge is 0.240 e. The Morgan fingerprint density at radius 1 is 1.00 bits per heavy atom. The van der Waals surface area contributed by atoms with Crippen molar-refractivity contribution in [3.05, 3.63) is 95.3 Å². The van der Waals surface area contributed by atoms with E-state index in [4.69, 9.17) is 0 Å². The summed E-state index contributed by atoms with van der Waals surface area (Å²) in [7, 11) is 0. The van der Waals surface area contributed by atoms with E-state index >= 15 is 0 Å². The molecule has 5 rings (SSSR count). The largest absolute Gasteiger partial charge is 0.325 e. The highest BCUT2D eigenvalue weighted by Crippen LogP contribution is 2.39. The van der Waals surface area contributed by atoms with Gasteiger partial charge in [0.1, 0.15) is 11.1 Å². The van der Waals surface area contributed by atoms with Crippen LogP contribution in [0.25, 0.3) is 11.4 Å². The van der Waals surface area contributed by atoms with Crippen LogP contribution in [0.2, 0.25) is 0 Å². The molecule has 2 atom stereocenters. The number of nitrogens with one attached hydrogen (secondary N) is 2. The van der Waals surface area contributed by atoms with E-state index in [1.165, 1.54) is 23.9 Å². The van der Waals surface area contributed by atoms with E-state index in [0.29, 0.717) is 11.0 Å². The summed E-state index contributed by atoms with van der Waals surface area (Å²) in [6.45, 7) is 3.99. The van der Waals surface area contributed by atoms with Crippen molar-refractivity contribution >= 4 is 23.4 Å². The summed E-state index contributed by atoms with van der Waals surface area (Å²) in [6.07, 6.45) is 0. The van der Waals surface area contributed by atoms with Crippen molar-refractivity contribution < 1.29 is 9.18 Å². The van der Waals surface area contributed by atoms with Crippen LogP contribution in [0.15, 0.2) is 78.0 Å². The van der Waals surface area contributed by atoms with Crippen LogP contribution >= 0.6 is 11.8 Å². The van der Waals surface area contributed by atoms with E-state index in [0.717, 1.165) is 27.9 Å². The average molecular weight is 460 g/mol. The van der Waals surface area contributed by atoms with Crippen LogP contribution in [-0.2, 0) is 4.79 Å². The second-order valence-corrected chi connectivity index (χ2v) is 9.05. The van der Waals surface area contributed by atoms with Gasteiger partial charge in [0.05, 0.1) is 6.04 Å². The molecular weight excluding hydrogens is 437 g/mol. The molecule has 2 heterocycles. The first-order valence-corrected chi connectivity index (χ1v) is 11.5. The fourth-order valence-electron chi connectivity index (χ4n) is 3.84. The van der Waals surface area contributed by atoms with Crippen LogP contribution in [0, 0.1) is 19.7 Å². The maximum atomic E-state index is 13.6. The molecule has 0 saturated heterocycles. The summed E-state index contributed by atoms with van der Waals surface area (Å²) < 4.78 is 15.4. The first-order valence-electron chi connectivity index (χ1n) is 10.6. The highest BCUT2D eigenvalue weighted by atomic mass is 32.2. The quantitative estimate of drug-likeness (QED) is 0.444. The molecule has 3 aromatic carbocycles. The van der Waals surface area contributed by atoms with Gasteiger partial charge < -0.3 is 10.7 Å². The minimum absolute atomic E-state index is 0.161. The molecule has 1 amide bonds. The van der Waals surface area contributed by atoms with Crippen LogP contribution in [0.5, 0.6) is 0 Å². The fourth-order valence-corrected chi connectivity index (χ4v) is 4.92. The number of thioether (sulfide) groups is 1. The molecule has 8 heteroatoms. The number of carbonyl (C=O) groups excluding carboxylic acids is 1. The molecule has 1 aromatic heterocycles. The molecular formula is C25H22FN5OS. The number of amides is 1. The number of hydrogen-bond acceptors (Lipinski definition) is 5. The van der Waals surface area contributed by atoms with Crippen LogP contribution in [0.1, 0.15) is 22.7 Å². The van der Waals surface area contributed by atoms with Crippen molar-refractivity contribution in [3.63, 3.8) is 0 Å². The van der Waals surface area contributed by atoms with Gasteiger partial charge >= 0.3 is 0 Å². The summed E-state index contributed by atoms with van der Waals surface area (Å²) in [5.41, 5.74) is 8.00. The molecule has 2 unspecified atom stereocenters. The molecule has 166 valence electrons. The van der Waals surface area contributed by atoms with E-state index in [2.05, 4.69) is 20.9 Å². The highest BCUT2D eigenvalue weighted by molar-refractivity contribution is 8.00. The van der Waals surface area contributed by atoms with E-state index in [9.17, 15) is 9.18 Å². The number of carbonyl (C=O) groups is 1. The number of aryl methyl sites for hydroxylation is 1. The fraction of sp³-hybridized carbons (Fsp3) is 0.160. The number of halogens is 1. The molecule has 0 aliphatic carbocycles. The van der Waals surface area contributed by atoms with Crippen LogP contribution in [0.3, 0.4) is 0 Å². The van der Waals surface area contributed by atoms with Gasteiger partial charge in [0.2, 0.25) is 11.1 Å². The second-order valence-electron chi connectivity index (χ2n) is 7.94. The van der Waals surface area contributed by atoms with E-state index < -0.39 is 11.3 Å². The number of anilines is 1. The Labute approximate surface area is 195 Å². The van der Waals surface area contributed by atoms with E-state index in [1.54, 1.807) is 16.8 Å². The highest BCUT2D eigenvalue weighted by Gasteiger charge is 2.38. The zero-order valence-corrected chi connectivity index (χ0v) is 18.9. The second kappa shape index (κ2) is 8.71. The Morgan fingerprint density at radius 2 is 1.76 bits per heavy atom. The molecule has 0 saturated carbocycles. The van der Waals surface area contributed by atoms with Gasteiger partial charge in [-0.25, -0.2) is 9.07 Å².